The molecule has 0 N–H and O–H groups in total. The number of nitrogens with zero attached hydrogens (tertiary/aromatic N) is 2. The monoisotopic (exact) mass is 478 g/mol. The zero-order valence-corrected chi connectivity index (χ0v) is 19.4. The van der Waals surface area contributed by atoms with E-state index in [0.29, 0.717) is 28.4 Å². The van der Waals surface area contributed by atoms with Crippen LogP contribution in [0.3, 0.4) is 0 Å². The Morgan fingerprint density at radius 3 is 1.79 bits per heavy atom. The van der Waals surface area contributed by atoms with E-state index in [9.17, 15) is 9.59 Å². The highest BCUT2D eigenvalue weighted by molar-refractivity contribution is 7.81. The van der Waals surface area contributed by atoms with Gasteiger partial charge in [0.05, 0.1) is 30.6 Å². The SMILES string of the molecule is COc1cc(C=C2C(=O)N(c3ccccc3)C(=S)N(c3ccccc3)C2=O)cc(Cl)c1OC. The van der Waals surface area contributed by atoms with Crippen molar-refractivity contribution in [1.29, 1.82) is 0 Å². The van der Waals surface area contributed by atoms with Gasteiger partial charge in [0.25, 0.3) is 11.8 Å². The second kappa shape index (κ2) is 9.44. The van der Waals surface area contributed by atoms with Crippen LogP contribution in [0.1, 0.15) is 5.56 Å². The zero-order chi connectivity index (χ0) is 23.5. The first-order valence-electron chi connectivity index (χ1n) is 9.92. The lowest BCUT2D eigenvalue weighted by atomic mass is 10.0. The normalized spacial score (nSPS) is 13.9. The average Bonchev–Trinajstić information content (AvgIpc) is 2.83. The summed E-state index contributed by atoms with van der Waals surface area (Å²) in [5.74, 6) is -0.327. The van der Waals surface area contributed by atoms with E-state index in [0.717, 1.165) is 0 Å². The highest BCUT2D eigenvalue weighted by Gasteiger charge is 2.41. The number of hydrogen-bond donors (Lipinski definition) is 0. The molecule has 1 fully saturated rings. The van der Waals surface area contributed by atoms with Crippen LogP contribution in [0, 0.1) is 0 Å². The highest BCUT2D eigenvalue weighted by Crippen LogP contribution is 2.37. The number of benzene rings is 3. The van der Waals surface area contributed by atoms with Gasteiger partial charge in [0, 0.05) is 0 Å². The molecule has 2 amide bonds. The maximum Gasteiger partial charge on any atom is 0.270 e. The van der Waals surface area contributed by atoms with Crippen LogP contribution in [0.5, 0.6) is 11.5 Å². The van der Waals surface area contributed by atoms with Crippen molar-refractivity contribution < 1.29 is 19.1 Å². The lowest BCUT2D eigenvalue weighted by molar-refractivity contribution is -0.120. The third-order valence-electron chi connectivity index (χ3n) is 5.05. The molecule has 0 bridgehead atoms. The van der Waals surface area contributed by atoms with E-state index >= 15 is 0 Å². The molecule has 1 aliphatic heterocycles. The number of anilines is 2. The minimum atomic E-state index is -0.533. The molecule has 3 aromatic carbocycles. The van der Waals surface area contributed by atoms with Crippen LogP contribution in [0.15, 0.2) is 78.4 Å². The Bertz CT molecular complexity index is 1200. The van der Waals surface area contributed by atoms with E-state index in [1.165, 1.54) is 30.1 Å². The van der Waals surface area contributed by atoms with Gasteiger partial charge in [-0.25, -0.2) is 0 Å². The number of carbonyl (C=O) groups is 2. The molecule has 0 aromatic heterocycles. The number of rotatable bonds is 5. The van der Waals surface area contributed by atoms with Crippen LogP contribution in [0.4, 0.5) is 11.4 Å². The summed E-state index contributed by atoms with van der Waals surface area (Å²) in [7, 11) is 2.96. The van der Waals surface area contributed by atoms with E-state index < -0.39 is 11.8 Å². The molecule has 0 saturated carbocycles. The summed E-state index contributed by atoms with van der Waals surface area (Å²) in [6.45, 7) is 0. The average molecular weight is 479 g/mol. The van der Waals surface area contributed by atoms with Crippen LogP contribution in [0.2, 0.25) is 5.02 Å². The molecule has 0 unspecified atom stereocenters. The Balaban J connectivity index is 1.88. The van der Waals surface area contributed by atoms with E-state index in [2.05, 4.69) is 0 Å². The highest BCUT2D eigenvalue weighted by atomic mass is 35.5. The molecule has 0 radical (unpaired) electrons. The molecule has 1 saturated heterocycles. The first-order chi connectivity index (χ1) is 16.0. The summed E-state index contributed by atoms with van der Waals surface area (Å²) in [5, 5.41) is 0.361. The maximum absolute atomic E-state index is 13.5. The summed E-state index contributed by atoms with van der Waals surface area (Å²) < 4.78 is 10.6. The van der Waals surface area contributed by atoms with E-state index in [1.54, 1.807) is 60.7 Å². The van der Waals surface area contributed by atoms with Gasteiger partial charge in [-0.2, -0.15) is 0 Å². The van der Waals surface area contributed by atoms with Gasteiger partial charge in [-0.05, 0) is 60.3 Å². The van der Waals surface area contributed by atoms with Gasteiger partial charge in [-0.1, -0.05) is 48.0 Å². The molecular formula is C25H19ClN2O4S. The number of halogens is 1. The van der Waals surface area contributed by atoms with Crippen molar-refractivity contribution >= 4 is 58.2 Å². The molecule has 8 heteroatoms. The molecule has 33 heavy (non-hydrogen) atoms. The predicted molar refractivity (Wildman–Crippen MR) is 133 cm³/mol. The predicted octanol–water partition coefficient (Wildman–Crippen LogP) is 5.11. The minimum Gasteiger partial charge on any atom is -0.493 e. The van der Waals surface area contributed by atoms with Crippen molar-refractivity contribution in [3.05, 3.63) is 89.0 Å². The lowest BCUT2D eigenvalue weighted by Gasteiger charge is -2.36. The van der Waals surface area contributed by atoms with E-state index in [4.69, 9.17) is 33.3 Å². The Morgan fingerprint density at radius 2 is 1.33 bits per heavy atom. The Kier molecular flexibility index (Phi) is 6.44. The second-order valence-corrected chi connectivity index (χ2v) is 7.80. The summed E-state index contributed by atoms with van der Waals surface area (Å²) in [6.07, 6.45) is 1.48. The third-order valence-corrected chi connectivity index (χ3v) is 5.69. The number of methoxy groups -OCH3 is 2. The summed E-state index contributed by atoms with van der Waals surface area (Å²) in [4.78, 5) is 29.7. The summed E-state index contributed by atoms with van der Waals surface area (Å²) in [5.41, 5.74) is 1.54. The van der Waals surface area contributed by atoms with E-state index in [1.807, 2.05) is 12.1 Å². The fourth-order valence-electron chi connectivity index (χ4n) is 3.53. The molecule has 1 heterocycles. The number of carbonyl (C=O) groups excluding carboxylic acids is 2. The molecule has 0 spiro atoms. The van der Waals surface area contributed by atoms with Crippen LogP contribution in [0.25, 0.3) is 6.08 Å². The molecule has 6 nitrogen and oxygen atoms in total. The van der Waals surface area contributed by atoms with Gasteiger partial charge in [-0.15, -0.1) is 0 Å². The first kappa shape index (κ1) is 22.5. The van der Waals surface area contributed by atoms with Crippen molar-refractivity contribution in [3.8, 4) is 11.5 Å². The number of hydrogen-bond acceptors (Lipinski definition) is 5. The van der Waals surface area contributed by atoms with Crippen LogP contribution >= 0.6 is 23.8 Å². The lowest BCUT2D eigenvalue weighted by Crippen LogP contribution is -2.56. The maximum atomic E-state index is 13.5. The Morgan fingerprint density at radius 1 is 0.818 bits per heavy atom. The fraction of sp³-hybridized carbons (Fsp3) is 0.0800. The second-order valence-electron chi connectivity index (χ2n) is 7.03. The zero-order valence-electron chi connectivity index (χ0n) is 17.8. The van der Waals surface area contributed by atoms with Crippen LogP contribution < -0.4 is 19.3 Å². The van der Waals surface area contributed by atoms with Crippen molar-refractivity contribution in [2.24, 2.45) is 0 Å². The van der Waals surface area contributed by atoms with Gasteiger partial charge in [0.1, 0.15) is 5.57 Å². The van der Waals surface area contributed by atoms with Gasteiger partial charge in [0.2, 0.25) is 0 Å². The standard InChI is InChI=1S/C25H19ClN2O4S/c1-31-21-15-16(14-20(26)22(21)32-2)13-19-23(29)27(17-9-5-3-6-10-17)25(33)28(24(19)30)18-11-7-4-8-12-18/h3-15H,1-2H3. The Labute approximate surface area is 201 Å². The van der Waals surface area contributed by atoms with Gasteiger partial charge in [-0.3, -0.25) is 19.4 Å². The van der Waals surface area contributed by atoms with E-state index in [-0.39, 0.29) is 15.7 Å². The van der Waals surface area contributed by atoms with Crippen molar-refractivity contribution in [2.75, 3.05) is 24.0 Å². The van der Waals surface area contributed by atoms with Gasteiger partial charge < -0.3 is 9.47 Å². The molecular weight excluding hydrogens is 460 g/mol. The smallest absolute Gasteiger partial charge is 0.270 e. The molecule has 1 aliphatic rings. The summed E-state index contributed by atoms with van der Waals surface area (Å²) >= 11 is 11.9. The van der Waals surface area contributed by atoms with Crippen LogP contribution in [-0.2, 0) is 9.59 Å². The third kappa shape index (κ3) is 4.20. The fourth-order valence-corrected chi connectivity index (χ4v) is 4.20. The molecule has 0 atom stereocenters. The van der Waals surface area contributed by atoms with Gasteiger partial charge >= 0.3 is 0 Å². The first-order valence-corrected chi connectivity index (χ1v) is 10.7. The van der Waals surface area contributed by atoms with Crippen molar-refractivity contribution in [2.45, 2.75) is 0 Å². The van der Waals surface area contributed by atoms with Crippen molar-refractivity contribution in [1.82, 2.24) is 0 Å². The molecule has 4 rings (SSSR count). The van der Waals surface area contributed by atoms with Gasteiger partial charge in [0.15, 0.2) is 16.6 Å². The Hall–Kier alpha value is -3.68. The number of para-hydroxylation sites is 2. The molecule has 3 aromatic rings. The van der Waals surface area contributed by atoms with Crippen LogP contribution in [-0.4, -0.2) is 31.1 Å². The van der Waals surface area contributed by atoms with Crippen molar-refractivity contribution in [3.63, 3.8) is 0 Å². The number of amides is 2. The quantitative estimate of drug-likeness (QED) is 0.290. The molecule has 166 valence electrons. The summed E-state index contributed by atoms with van der Waals surface area (Å²) in [6, 6.07) is 21.1. The number of thiocarbonyl (C=S) groups is 1. The number of ether oxygens (including phenoxy) is 2. The largest absolute Gasteiger partial charge is 0.493 e. The minimum absolute atomic E-state index is 0.0698. The topological polar surface area (TPSA) is 59.1 Å². The molecule has 0 aliphatic carbocycles.